The van der Waals surface area contributed by atoms with E-state index >= 15 is 0 Å². The number of thiophene rings is 1. The molecule has 2 heterocycles. The zero-order chi connectivity index (χ0) is 10.9. The lowest BCUT2D eigenvalue weighted by atomic mass is 10.2. The number of ether oxygens (including phenoxy) is 1. The Morgan fingerprint density at radius 3 is 2.93 bits per heavy atom. The lowest BCUT2D eigenvalue weighted by Gasteiger charge is -2.21. The van der Waals surface area contributed by atoms with Gasteiger partial charge in [-0.05, 0) is 24.5 Å². The number of thioether (sulfide) groups is 1. The summed E-state index contributed by atoms with van der Waals surface area (Å²) in [5, 5.41) is 5.27. The molecule has 1 aromatic rings. The predicted octanol–water partition coefficient (Wildman–Crippen LogP) is 2.52. The van der Waals surface area contributed by atoms with Crippen LogP contribution < -0.4 is 5.32 Å². The molecule has 0 fully saturated rings. The summed E-state index contributed by atoms with van der Waals surface area (Å²) in [5.41, 5.74) is 0. The average molecular weight is 241 g/mol. The molecule has 80 valence electrons. The number of carbonyl (C=O) groups is 1. The van der Waals surface area contributed by atoms with Gasteiger partial charge in [0.15, 0.2) is 0 Å². The van der Waals surface area contributed by atoms with Crippen molar-refractivity contribution in [3.8, 4) is 0 Å². The summed E-state index contributed by atoms with van der Waals surface area (Å²) in [7, 11) is 1.40. The van der Waals surface area contributed by atoms with Crippen LogP contribution in [0.4, 0.5) is 0 Å². The third-order valence-electron chi connectivity index (χ3n) is 2.19. The number of nitrogens with one attached hydrogen (secondary N) is 1. The van der Waals surface area contributed by atoms with Crippen LogP contribution in [0.2, 0.25) is 0 Å². The highest BCUT2D eigenvalue weighted by Gasteiger charge is 2.30. The van der Waals surface area contributed by atoms with Crippen molar-refractivity contribution < 1.29 is 9.53 Å². The fraction of sp³-hybridized carbons (Fsp3) is 0.300. The van der Waals surface area contributed by atoms with Gasteiger partial charge in [0, 0.05) is 11.1 Å². The number of esters is 1. The first-order valence-electron chi connectivity index (χ1n) is 4.45. The molecular formula is C10H11NO2S2. The summed E-state index contributed by atoms with van der Waals surface area (Å²) < 4.78 is 4.67. The predicted molar refractivity (Wildman–Crippen MR) is 62.9 cm³/mol. The highest BCUT2D eigenvalue weighted by molar-refractivity contribution is 8.03. The van der Waals surface area contributed by atoms with E-state index in [1.807, 2.05) is 17.7 Å². The quantitative estimate of drug-likeness (QED) is 0.807. The molecule has 1 N–H and O–H groups in total. The molecule has 1 unspecified atom stereocenters. The van der Waals surface area contributed by atoms with E-state index in [4.69, 9.17) is 0 Å². The molecule has 1 aliphatic heterocycles. The van der Waals surface area contributed by atoms with Crippen molar-refractivity contribution in [2.75, 3.05) is 7.11 Å². The molecule has 0 bridgehead atoms. The molecule has 0 aromatic carbocycles. The van der Waals surface area contributed by atoms with Crippen molar-refractivity contribution in [1.29, 1.82) is 0 Å². The minimum absolute atomic E-state index is 0.142. The molecule has 5 heteroatoms. The van der Waals surface area contributed by atoms with E-state index in [0.29, 0.717) is 4.88 Å². The highest BCUT2D eigenvalue weighted by Crippen LogP contribution is 2.41. The first-order valence-corrected chi connectivity index (χ1v) is 6.14. The summed E-state index contributed by atoms with van der Waals surface area (Å²) >= 11 is 3.16. The van der Waals surface area contributed by atoms with Crippen molar-refractivity contribution in [3.63, 3.8) is 0 Å². The van der Waals surface area contributed by atoms with Crippen LogP contribution in [0.25, 0.3) is 0 Å². The Morgan fingerprint density at radius 1 is 1.53 bits per heavy atom. The van der Waals surface area contributed by atoms with Gasteiger partial charge in [-0.15, -0.1) is 11.3 Å². The number of methoxy groups -OCH3 is 1. The molecule has 0 saturated heterocycles. The molecular weight excluding hydrogens is 230 g/mol. The second-order valence-corrected chi connectivity index (χ2v) is 5.66. The fourth-order valence-electron chi connectivity index (χ4n) is 1.33. The lowest BCUT2D eigenvalue weighted by Crippen LogP contribution is -2.27. The maximum Gasteiger partial charge on any atom is 0.348 e. The topological polar surface area (TPSA) is 38.3 Å². The SMILES string of the molecule is COC(=O)c1ccc(C2(C)NC=CS2)s1. The maximum absolute atomic E-state index is 11.3. The maximum atomic E-state index is 11.3. The Balaban J connectivity index is 2.23. The Morgan fingerprint density at radius 2 is 2.33 bits per heavy atom. The minimum Gasteiger partial charge on any atom is -0.465 e. The number of hydrogen-bond acceptors (Lipinski definition) is 5. The lowest BCUT2D eigenvalue weighted by molar-refractivity contribution is 0.0606. The second kappa shape index (κ2) is 3.90. The smallest absolute Gasteiger partial charge is 0.348 e. The van der Waals surface area contributed by atoms with Crippen molar-refractivity contribution in [2.45, 2.75) is 11.8 Å². The van der Waals surface area contributed by atoms with Crippen molar-refractivity contribution in [2.24, 2.45) is 0 Å². The number of carbonyl (C=O) groups excluding carboxylic acids is 1. The van der Waals surface area contributed by atoms with Gasteiger partial charge in [0.25, 0.3) is 0 Å². The highest BCUT2D eigenvalue weighted by atomic mass is 32.2. The average Bonchev–Trinajstić information content (AvgIpc) is 2.85. The molecule has 0 radical (unpaired) electrons. The molecule has 0 aliphatic carbocycles. The van der Waals surface area contributed by atoms with Crippen LogP contribution in [-0.2, 0) is 9.61 Å². The second-order valence-electron chi connectivity index (χ2n) is 3.25. The Labute approximate surface area is 96.5 Å². The van der Waals surface area contributed by atoms with E-state index in [-0.39, 0.29) is 10.8 Å². The van der Waals surface area contributed by atoms with Crippen molar-refractivity contribution in [3.05, 3.63) is 33.5 Å². The van der Waals surface area contributed by atoms with Gasteiger partial charge in [0.1, 0.15) is 9.75 Å². The molecule has 1 atom stereocenters. The van der Waals surface area contributed by atoms with Crippen LogP contribution in [0.3, 0.4) is 0 Å². The number of rotatable bonds is 2. The molecule has 2 rings (SSSR count). The zero-order valence-corrected chi connectivity index (χ0v) is 10.1. The minimum atomic E-state index is -0.272. The van der Waals surface area contributed by atoms with Gasteiger partial charge in [-0.3, -0.25) is 0 Å². The Hall–Kier alpha value is -0.940. The van der Waals surface area contributed by atoms with Crippen LogP contribution >= 0.6 is 23.1 Å². The molecule has 0 spiro atoms. The van der Waals surface area contributed by atoms with Crippen molar-refractivity contribution in [1.82, 2.24) is 5.32 Å². The third-order valence-corrected chi connectivity index (χ3v) is 4.69. The third kappa shape index (κ3) is 1.89. The standard InChI is InChI=1S/C10H11NO2S2/c1-10(11-5-6-14-10)8-4-3-7(15-8)9(12)13-2/h3-6,11H,1-2H3. The normalized spacial score (nSPS) is 23.9. The van der Waals surface area contributed by atoms with Gasteiger partial charge in [-0.1, -0.05) is 11.8 Å². The van der Waals surface area contributed by atoms with E-state index in [1.54, 1.807) is 17.8 Å². The molecule has 0 saturated carbocycles. The van der Waals surface area contributed by atoms with Crippen LogP contribution in [0, 0.1) is 0 Å². The summed E-state index contributed by atoms with van der Waals surface area (Å²) in [6, 6.07) is 3.77. The molecule has 1 aliphatic rings. The van der Waals surface area contributed by atoms with E-state index in [2.05, 4.69) is 17.0 Å². The van der Waals surface area contributed by atoms with E-state index < -0.39 is 0 Å². The summed E-state index contributed by atoms with van der Waals surface area (Å²) in [4.78, 5) is 12.9. The van der Waals surface area contributed by atoms with Gasteiger partial charge in [0.2, 0.25) is 0 Å². The van der Waals surface area contributed by atoms with Gasteiger partial charge >= 0.3 is 5.97 Å². The molecule has 15 heavy (non-hydrogen) atoms. The summed E-state index contributed by atoms with van der Waals surface area (Å²) in [5.74, 6) is -0.272. The monoisotopic (exact) mass is 241 g/mol. The molecule has 3 nitrogen and oxygen atoms in total. The first-order chi connectivity index (χ1) is 7.15. The van der Waals surface area contributed by atoms with E-state index in [9.17, 15) is 4.79 Å². The zero-order valence-electron chi connectivity index (χ0n) is 8.44. The van der Waals surface area contributed by atoms with Crippen LogP contribution in [0.15, 0.2) is 23.7 Å². The Bertz CT molecular complexity index is 403. The van der Waals surface area contributed by atoms with Gasteiger partial charge in [0.05, 0.1) is 7.11 Å². The fourth-order valence-corrected chi connectivity index (χ4v) is 3.26. The summed E-state index contributed by atoms with van der Waals surface area (Å²) in [6.45, 7) is 2.09. The molecule has 1 aromatic heterocycles. The van der Waals surface area contributed by atoms with Gasteiger partial charge < -0.3 is 10.1 Å². The van der Waals surface area contributed by atoms with Crippen LogP contribution in [0.5, 0.6) is 0 Å². The largest absolute Gasteiger partial charge is 0.465 e. The molecule has 0 amide bonds. The van der Waals surface area contributed by atoms with Crippen LogP contribution in [-0.4, -0.2) is 13.1 Å². The summed E-state index contributed by atoms with van der Waals surface area (Å²) in [6.07, 6.45) is 1.92. The van der Waals surface area contributed by atoms with Crippen molar-refractivity contribution >= 4 is 29.1 Å². The number of hydrogen-bond donors (Lipinski definition) is 1. The van der Waals surface area contributed by atoms with Gasteiger partial charge in [-0.2, -0.15) is 0 Å². The van der Waals surface area contributed by atoms with E-state index in [0.717, 1.165) is 4.88 Å². The first kappa shape index (κ1) is 10.6. The van der Waals surface area contributed by atoms with Crippen LogP contribution in [0.1, 0.15) is 21.5 Å². The van der Waals surface area contributed by atoms with Gasteiger partial charge in [-0.25, -0.2) is 4.79 Å². The van der Waals surface area contributed by atoms with E-state index in [1.165, 1.54) is 18.4 Å². The Kier molecular flexibility index (Phi) is 2.75.